The molecular formula is C12H24N2O2. The van der Waals surface area contributed by atoms with Crippen LogP contribution in [-0.4, -0.2) is 31.2 Å². The van der Waals surface area contributed by atoms with Gasteiger partial charge in [-0.1, -0.05) is 26.7 Å². The molecule has 0 unspecified atom stereocenters. The number of rotatable bonds is 6. The standard InChI is InChI=1S/C12H24N2O2/c1-3-9(4-2)8-14-12(15)11-6-5-10(7-13)16-11/h9-11H,3-8,13H2,1-2H3,(H,14,15)/t10-,11+/m1/s1. The van der Waals surface area contributed by atoms with Gasteiger partial charge in [-0.15, -0.1) is 0 Å². The Labute approximate surface area is 97.9 Å². The molecule has 0 aromatic carbocycles. The lowest BCUT2D eigenvalue weighted by Crippen LogP contribution is -2.38. The Morgan fingerprint density at radius 1 is 1.44 bits per heavy atom. The lowest BCUT2D eigenvalue weighted by Gasteiger charge is -2.16. The Morgan fingerprint density at radius 3 is 2.62 bits per heavy atom. The maximum atomic E-state index is 11.8. The first-order valence-corrected chi connectivity index (χ1v) is 6.34. The summed E-state index contributed by atoms with van der Waals surface area (Å²) < 4.78 is 5.53. The van der Waals surface area contributed by atoms with Crippen molar-refractivity contribution < 1.29 is 9.53 Å². The zero-order chi connectivity index (χ0) is 12.0. The highest BCUT2D eigenvalue weighted by molar-refractivity contribution is 5.81. The minimum Gasteiger partial charge on any atom is -0.364 e. The third kappa shape index (κ3) is 3.76. The first-order chi connectivity index (χ1) is 7.71. The Bertz CT molecular complexity index is 217. The number of nitrogens with one attached hydrogen (secondary N) is 1. The predicted molar refractivity (Wildman–Crippen MR) is 64.0 cm³/mol. The number of hydrogen-bond donors (Lipinski definition) is 2. The van der Waals surface area contributed by atoms with Gasteiger partial charge in [-0.05, 0) is 18.8 Å². The van der Waals surface area contributed by atoms with E-state index in [1.165, 1.54) is 0 Å². The fraction of sp³-hybridized carbons (Fsp3) is 0.917. The number of carbonyl (C=O) groups is 1. The number of ether oxygens (including phenoxy) is 1. The molecular weight excluding hydrogens is 204 g/mol. The van der Waals surface area contributed by atoms with Crippen LogP contribution < -0.4 is 11.1 Å². The summed E-state index contributed by atoms with van der Waals surface area (Å²) in [5.74, 6) is 0.610. The monoisotopic (exact) mass is 228 g/mol. The van der Waals surface area contributed by atoms with Gasteiger partial charge < -0.3 is 15.8 Å². The Kier molecular flexibility index (Phi) is 5.77. The van der Waals surface area contributed by atoms with Crippen molar-refractivity contribution in [3.05, 3.63) is 0 Å². The normalized spacial score (nSPS) is 25.0. The summed E-state index contributed by atoms with van der Waals surface area (Å²) >= 11 is 0. The Morgan fingerprint density at radius 2 is 2.12 bits per heavy atom. The topological polar surface area (TPSA) is 64.4 Å². The second-order valence-electron chi connectivity index (χ2n) is 4.49. The molecule has 1 rings (SSSR count). The van der Waals surface area contributed by atoms with Gasteiger partial charge >= 0.3 is 0 Å². The van der Waals surface area contributed by atoms with Crippen LogP contribution in [0.5, 0.6) is 0 Å². The predicted octanol–water partition coefficient (Wildman–Crippen LogP) is 1.05. The van der Waals surface area contributed by atoms with E-state index in [0.717, 1.165) is 32.2 Å². The van der Waals surface area contributed by atoms with Gasteiger partial charge in [-0.2, -0.15) is 0 Å². The summed E-state index contributed by atoms with van der Waals surface area (Å²) in [5, 5.41) is 2.97. The first-order valence-electron chi connectivity index (χ1n) is 6.34. The summed E-state index contributed by atoms with van der Waals surface area (Å²) in [6, 6.07) is 0. The van der Waals surface area contributed by atoms with E-state index in [1.807, 2.05) is 0 Å². The number of hydrogen-bond acceptors (Lipinski definition) is 3. The molecule has 1 aliphatic rings. The second-order valence-corrected chi connectivity index (χ2v) is 4.49. The van der Waals surface area contributed by atoms with Gasteiger partial charge in [0.15, 0.2) is 0 Å². The van der Waals surface area contributed by atoms with Crippen molar-refractivity contribution in [2.24, 2.45) is 11.7 Å². The van der Waals surface area contributed by atoms with Gasteiger partial charge in [0.1, 0.15) is 6.10 Å². The maximum Gasteiger partial charge on any atom is 0.249 e. The largest absolute Gasteiger partial charge is 0.364 e. The van der Waals surface area contributed by atoms with E-state index in [9.17, 15) is 4.79 Å². The molecule has 0 spiro atoms. The summed E-state index contributed by atoms with van der Waals surface area (Å²) in [4.78, 5) is 11.8. The molecule has 0 bridgehead atoms. The van der Waals surface area contributed by atoms with Crippen LogP contribution in [0.3, 0.4) is 0 Å². The van der Waals surface area contributed by atoms with Gasteiger partial charge in [0, 0.05) is 13.1 Å². The van der Waals surface area contributed by atoms with Crippen LogP contribution in [0.25, 0.3) is 0 Å². The van der Waals surface area contributed by atoms with Crippen LogP contribution in [0, 0.1) is 5.92 Å². The highest BCUT2D eigenvalue weighted by Gasteiger charge is 2.29. The molecule has 1 saturated heterocycles. The lowest BCUT2D eigenvalue weighted by molar-refractivity contribution is -0.132. The van der Waals surface area contributed by atoms with Gasteiger partial charge in [-0.25, -0.2) is 0 Å². The van der Waals surface area contributed by atoms with E-state index < -0.39 is 0 Å². The highest BCUT2D eigenvalue weighted by Crippen LogP contribution is 2.19. The molecule has 4 nitrogen and oxygen atoms in total. The van der Waals surface area contributed by atoms with Crippen molar-refractivity contribution in [2.75, 3.05) is 13.1 Å². The van der Waals surface area contributed by atoms with E-state index in [1.54, 1.807) is 0 Å². The maximum absolute atomic E-state index is 11.8. The van der Waals surface area contributed by atoms with Crippen molar-refractivity contribution in [1.82, 2.24) is 5.32 Å². The number of amides is 1. The summed E-state index contributed by atoms with van der Waals surface area (Å²) in [5.41, 5.74) is 5.50. The van der Waals surface area contributed by atoms with Crippen molar-refractivity contribution in [3.8, 4) is 0 Å². The molecule has 0 saturated carbocycles. The second kappa shape index (κ2) is 6.86. The smallest absolute Gasteiger partial charge is 0.249 e. The number of carbonyl (C=O) groups excluding carboxylic acids is 1. The van der Waals surface area contributed by atoms with Gasteiger partial charge in [0.25, 0.3) is 0 Å². The summed E-state index contributed by atoms with van der Waals surface area (Å²) in [7, 11) is 0. The molecule has 0 aromatic heterocycles. The molecule has 2 atom stereocenters. The summed E-state index contributed by atoms with van der Waals surface area (Å²) in [6.07, 6.45) is 3.71. The van der Waals surface area contributed by atoms with E-state index in [0.29, 0.717) is 12.5 Å². The summed E-state index contributed by atoms with van der Waals surface area (Å²) in [6.45, 7) is 5.57. The minimum absolute atomic E-state index is 0.0304. The zero-order valence-corrected chi connectivity index (χ0v) is 10.4. The van der Waals surface area contributed by atoms with Crippen LogP contribution in [0.4, 0.5) is 0 Å². The number of nitrogens with two attached hydrogens (primary N) is 1. The molecule has 3 N–H and O–H groups in total. The van der Waals surface area contributed by atoms with E-state index in [2.05, 4.69) is 19.2 Å². The molecule has 94 valence electrons. The molecule has 0 aliphatic carbocycles. The average molecular weight is 228 g/mol. The SMILES string of the molecule is CCC(CC)CNC(=O)[C@@H]1CC[C@H](CN)O1. The van der Waals surface area contributed by atoms with Crippen LogP contribution in [-0.2, 0) is 9.53 Å². The fourth-order valence-corrected chi connectivity index (χ4v) is 2.01. The van der Waals surface area contributed by atoms with Crippen LogP contribution >= 0.6 is 0 Å². The van der Waals surface area contributed by atoms with E-state index >= 15 is 0 Å². The van der Waals surface area contributed by atoms with Crippen molar-refractivity contribution in [1.29, 1.82) is 0 Å². The zero-order valence-electron chi connectivity index (χ0n) is 10.4. The van der Waals surface area contributed by atoms with Crippen molar-refractivity contribution in [3.63, 3.8) is 0 Å². The first kappa shape index (κ1) is 13.5. The Hall–Kier alpha value is -0.610. The van der Waals surface area contributed by atoms with E-state index in [4.69, 9.17) is 10.5 Å². The van der Waals surface area contributed by atoms with Gasteiger partial charge in [-0.3, -0.25) is 4.79 Å². The van der Waals surface area contributed by atoms with Crippen molar-refractivity contribution in [2.45, 2.75) is 51.7 Å². The van der Waals surface area contributed by atoms with Crippen molar-refractivity contribution >= 4 is 5.91 Å². The third-order valence-electron chi connectivity index (χ3n) is 3.38. The van der Waals surface area contributed by atoms with Gasteiger partial charge in [0.2, 0.25) is 5.91 Å². The van der Waals surface area contributed by atoms with E-state index in [-0.39, 0.29) is 18.1 Å². The average Bonchev–Trinajstić information content (AvgIpc) is 2.78. The quantitative estimate of drug-likeness (QED) is 0.714. The highest BCUT2D eigenvalue weighted by atomic mass is 16.5. The third-order valence-corrected chi connectivity index (χ3v) is 3.38. The molecule has 1 heterocycles. The lowest BCUT2D eigenvalue weighted by atomic mass is 10.0. The van der Waals surface area contributed by atoms with Crippen LogP contribution in [0.1, 0.15) is 39.5 Å². The Balaban J connectivity index is 2.25. The molecule has 4 heteroatoms. The molecule has 1 aliphatic heterocycles. The molecule has 0 radical (unpaired) electrons. The van der Waals surface area contributed by atoms with Gasteiger partial charge in [0.05, 0.1) is 6.10 Å². The van der Waals surface area contributed by atoms with Crippen LogP contribution in [0.2, 0.25) is 0 Å². The van der Waals surface area contributed by atoms with Crippen LogP contribution in [0.15, 0.2) is 0 Å². The fourth-order valence-electron chi connectivity index (χ4n) is 2.01. The molecule has 16 heavy (non-hydrogen) atoms. The molecule has 1 amide bonds. The molecule has 0 aromatic rings. The minimum atomic E-state index is -0.275. The molecule has 1 fully saturated rings.